The van der Waals surface area contributed by atoms with Crippen LogP contribution < -0.4 is 4.72 Å². The fourth-order valence-corrected chi connectivity index (χ4v) is 5.28. The maximum Gasteiger partial charge on any atom is 0.289 e. The van der Waals surface area contributed by atoms with Crippen molar-refractivity contribution < 1.29 is 17.6 Å². The Hall–Kier alpha value is -1.64. The van der Waals surface area contributed by atoms with E-state index in [2.05, 4.69) is 4.72 Å². The summed E-state index contributed by atoms with van der Waals surface area (Å²) < 4.78 is 33.0. The molecule has 0 bridgehead atoms. The van der Waals surface area contributed by atoms with Crippen LogP contribution in [0.1, 0.15) is 34.7 Å². The minimum atomic E-state index is -3.46. The van der Waals surface area contributed by atoms with Crippen molar-refractivity contribution in [3.63, 3.8) is 0 Å². The number of carbonyl (C=O) groups is 1. The molecule has 0 spiro atoms. The number of rotatable bonds is 5. The summed E-state index contributed by atoms with van der Waals surface area (Å²) in [6, 6.07) is 5.16. The van der Waals surface area contributed by atoms with E-state index in [0.29, 0.717) is 29.6 Å². The van der Waals surface area contributed by atoms with Crippen LogP contribution in [0.15, 0.2) is 32.2 Å². The van der Waals surface area contributed by atoms with Gasteiger partial charge in [0.1, 0.15) is 9.97 Å². The zero-order valence-corrected chi connectivity index (χ0v) is 16.0. The Morgan fingerprint density at radius 2 is 2.24 bits per heavy atom. The van der Waals surface area contributed by atoms with Crippen molar-refractivity contribution in [1.29, 1.82) is 0 Å². The molecule has 2 aromatic heterocycles. The first-order valence-electron chi connectivity index (χ1n) is 8.26. The summed E-state index contributed by atoms with van der Waals surface area (Å²) in [4.78, 5) is 14.4. The van der Waals surface area contributed by atoms with Gasteiger partial charge in [0.15, 0.2) is 5.76 Å². The van der Waals surface area contributed by atoms with Crippen molar-refractivity contribution in [3.8, 4) is 0 Å². The summed E-state index contributed by atoms with van der Waals surface area (Å²) >= 11 is 1.20. The number of carbonyl (C=O) groups excluding carboxylic acids is 1. The SMILES string of the molecule is Cc1cc(C)c(C(=O)N2CCC[C@H](CNS(=O)(=O)c3cccs3)C2)o1. The van der Waals surface area contributed by atoms with Crippen LogP contribution in [0.5, 0.6) is 0 Å². The average molecular weight is 383 g/mol. The molecular weight excluding hydrogens is 360 g/mol. The minimum absolute atomic E-state index is 0.101. The predicted molar refractivity (Wildman–Crippen MR) is 96.3 cm³/mol. The second-order valence-electron chi connectivity index (χ2n) is 6.41. The summed E-state index contributed by atoms with van der Waals surface area (Å²) in [6.07, 6.45) is 1.75. The van der Waals surface area contributed by atoms with Gasteiger partial charge >= 0.3 is 0 Å². The van der Waals surface area contributed by atoms with Gasteiger partial charge in [-0.1, -0.05) is 6.07 Å². The lowest BCUT2D eigenvalue weighted by atomic mass is 9.98. The smallest absolute Gasteiger partial charge is 0.289 e. The number of aryl methyl sites for hydroxylation is 2. The van der Waals surface area contributed by atoms with Crippen molar-refractivity contribution in [2.45, 2.75) is 30.9 Å². The Labute approximate surface area is 151 Å². The Morgan fingerprint density at radius 3 is 2.88 bits per heavy atom. The molecule has 136 valence electrons. The zero-order valence-electron chi connectivity index (χ0n) is 14.3. The van der Waals surface area contributed by atoms with Gasteiger partial charge in [0.25, 0.3) is 5.91 Å². The molecule has 1 saturated heterocycles. The highest BCUT2D eigenvalue weighted by atomic mass is 32.2. The van der Waals surface area contributed by atoms with Crippen LogP contribution in [-0.4, -0.2) is 38.9 Å². The monoisotopic (exact) mass is 382 g/mol. The molecule has 1 aliphatic heterocycles. The van der Waals surface area contributed by atoms with Gasteiger partial charge in [-0.3, -0.25) is 4.79 Å². The van der Waals surface area contributed by atoms with Gasteiger partial charge in [-0.15, -0.1) is 11.3 Å². The van der Waals surface area contributed by atoms with E-state index < -0.39 is 10.0 Å². The quantitative estimate of drug-likeness (QED) is 0.862. The maximum atomic E-state index is 12.7. The number of likely N-dealkylation sites (tertiary alicyclic amines) is 1. The van der Waals surface area contributed by atoms with Crippen LogP contribution in [-0.2, 0) is 10.0 Å². The molecule has 1 N–H and O–H groups in total. The molecule has 0 aromatic carbocycles. The van der Waals surface area contributed by atoms with E-state index in [1.54, 1.807) is 22.4 Å². The molecule has 0 unspecified atom stereocenters. The largest absolute Gasteiger partial charge is 0.456 e. The van der Waals surface area contributed by atoms with E-state index in [9.17, 15) is 13.2 Å². The van der Waals surface area contributed by atoms with Gasteiger partial charge in [-0.05, 0) is 50.1 Å². The van der Waals surface area contributed by atoms with Gasteiger partial charge in [-0.2, -0.15) is 0 Å². The number of furan rings is 1. The molecule has 2 aromatic rings. The highest BCUT2D eigenvalue weighted by Crippen LogP contribution is 2.22. The third-order valence-electron chi connectivity index (χ3n) is 4.36. The van der Waals surface area contributed by atoms with Crippen LogP contribution in [0, 0.1) is 19.8 Å². The van der Waals surface area contributed by atoms with E-state index >= 15 is 0 Å². The molecule has 25 heavy (non-hydrogen) atoms. The topological polar surface area (TPSA) is 79.6 Å². The molecule has 8 heteroatoms. The number of piperidine rings is 1. The van der Waals surface area contributed by atoms with E-state index in [1.807, 2.05) is 19.9 Å². The number of hydrogen-bond donors (Lipinski definition) is 1. The number of thiophene rings is 1. The Kier molecular flexibility index (Phi) is 5.31. The molecule has 0 radical (unpaired) electrons. The maximum absolute atomic E-state index is 12.7. The fraction of sp³-hybridized carbons (Fsp3) is 0.471. The standard InChI is InChI=1S/C17H22N2O4S2/c1-12-9-13(2)23-16(12)17(20)19-7-3-5-14(11-19)10-18-25(21,22)15-6-4-8-24-15/h4,6,8-9,14,18H,3,5,7,10-11H2,1-2H3/t14-/m1/s1. The minimum Gasteiger partial charge on any atom is -0.456 e. The molecule has 1 atom stereocenters. The predicted octanol–water partition coefficient (Wildman–Crippen LogP) is 2.79. The van der Waals surface area contributed by atoms with Gasteiger partial charge in [0, 0.05) is 25.2 Å². The average Bonchev–Trinajstić information content (AvgIpc) is 3.23. The van der Waals surface area contributed by atoms with Crippen molar-refractivity contribution in [3.05, 3.63) is 40.7 Å². The molecule has 1 amide bonds. The lowest BCUT2D eigenvalue weighted by Gasteiger charge is -2.32. The van der Waals surface area contributed by atoms with Crippen molar-refractivity contribution in [1.82, 2.24) is 9.62 Å². The highest BCUT2D eigenvalue weighted by Gasteiger charge is 2.28. The summed E-state index contributed by atoms with van der Waals surface area (Å²) in [5.41, 5.74) is 0.836. The molecule has 6 nitrogen and oxygen atoms in total. The van der Waals surface area contributed by atoms with Crippen molar-refractivity contribution in [2.75, 3.05) is 19.6 Å². The van der Waals surface area contributed by atoms with Crippen LogP contribution >= 0.6 is 11.3 Å². The molecule has 0 aliphatic carbocycles. The number of sulfonamides is 1. The fourth-order valence-electron chi connectivity index (χ4n) is 3.13. The van der Waals surface area contributed by atoms with Crippen LogP contribution in [0.4, 0.5) is 0 Å². The second-order valence-corrected chi connectivity index (χ2v) is 9.35. The molecule has 3 heterocycles. The number of nitrogens with zero attached hydrogens (tertiary/aromatic N) is 1. The van der Waals surface area contributed by atoms with Crippen molar-refractivity contribution >= 4 is 27.3 Å². The van der Waals surface area contributed by atoms with Crippen molar-refractivity contribution in [2.24, 2.45) is 5.92 Å². The third kappa shape index (κ3) is 4.13. The lowest BCUT2D eigenvalue weighted by Crippen LogP contribution is -2.43. The van der Waals surface area contributed by atoms with Crippen LogP contribution in [0.3, 0.4) is 0 Å². The summed E-state index contributed by atoms with van der Waals surface area (Å²) in [7, 11) is -3.46. The number of amides is 1. The highest BCUT2D eigenvalue weighted by molar-refractivity contribution is 7.91. The normalized spacial score (nSPS) is 18.5. The number of nitrogens with one attached hydrogen (secondary N) is 1. The summed E-state index contributed by atoms with van der Waals surface area (Å²) in [5.74, 6) is 1.09. The molecular formula is C17H22N2O4S2. The van der Waals surface area contributed by atoms with Gasteiger partial charge in [0.2, 0.25) is 10.0 Å². The second kappa shape index (κ2) is 7.31. The van der Waals surface area contributed by atoms with Gasteiger partial charge < -0.3 is 9.32 Å². The van der Waals surface area contributed by atoms with E-state index in [4.69, 9.17) is 4.42 Å². The third-order valence-corrected chi connectivity index (χ3v) is 7.18. The van der Waals surface area contributed by atoms with E-state index in [0.717, 1.165) is 24.2 Å². The molecule has 3 rings (SSSR count). The summed E-state index contributed by atoms with van der Waals surface area (Å²) in [5, 5.41) is 1.74. The first-order valence-corrected chi connectivity index (χ1v) is 10.6. The zero-order chi connectivity index (χ0) is 18.0. The Morgan fingerprint density at radius 1 is 1.44 bits per heavy atom. The molecule has 1 aliphatic rings. The Balaban J connectivity index is 1.62. The van der Waals surface area contributed by atoms with E-state index in [1.165, 1.54) is 11.3 Å². The van der Waals surface area contributed by atoms with Crippen LogP contribution in [0.25, 0.3) is 0 Å². The van der Waals surface area contributed by atoms with Crippen LogP contribution in [0.2, 0.25) is 0 Å². The first-order chi connectivity index (χ1) is 11.9. The molecule has 1 fully saturated rings. The first kappa shape index (κ1) is 18.2. The van der Waals surface area contributed by atoms with Gasteiger partial charge in [0.05, 0.1) is 0 Å². The van der Waals surface area contributed by atoms with Gasteiger partial charge in [-0.25, -0.2) is 13.1 Å². The lowest BCUT2D eigenvalue weighted by molar-refractivity contribution is 0.0642. The van der Waals surface area contributed by atoms with E-state index in [-0.39, 0.29) is 11.8 Å². The Bertz CT molecular complexity index is 840. The molecule has 0 saturated carbocycles. The summed E-state index contributed by atoms with van der Waals surface area (Å²) in [6.45, 7) is 5.22. The number of hydrogen-bond acceptors (Lipinski definition) is 5.